The number of rotatable bonds is 4. The number of carbonyl (C=O) groups excluding carboxylic acids is 1. The average molecular weight is 353 g/mol. The topological polar surface area (TPSA) is 105 Å². The zero-order valence-corrected chi connectivity index (χ0v) is 15.0. The van der Waals surface area contributed by atoms with Gasteiger partial charge in [-0.1, -0.05) is 19.0 Å². The molecule has 0 saturated heterocycles. The van der Waals surface area contributed by atoms with Gasteiger partial charge in [0.25, 0.3) is 11.6 Å². The van der Waals surface area contributed by atoms with E-state index in [1.165, 1.54) is 12.1 Å². The Kier molecular flexibility index (Phi) is 4.46. The quantitative estimate of drug-likeness (QED) is 0.736. The first-order valence-electron chi connectivity index (χ1n) is 8.20. The molecule has 0 aliphatic heterocycles. The van der Waals surface area contributed by atoms with Gasteiger partial charge in [0, 0.05) is 11.4 Å². The number of carboxylic acid groups (broad SMARTS) is 1. The third-order valence-electron chi connectivity index (χ3n) is 4.19. The largest absolute Gasteiger partial charge is 0.478 e. The highest BCUT2D eigenvalue weighted by atomic mass is 16.5. The van der Waals surface area contributed by atoms with Crippen molar-refractivity contribution in [1.29, 1.82) is 0 Å². The van der Waals surface area contributed by atoms with E-state index in [0.717, 1.165) is 5.69 Å². The first-order valence-corrected chi connectivity index (χ1v) is 8.20. The minimum absolute atomic E-state index is 0.118. The fourth-order valence-electron chi connectivity index (χ4n) is 2.72. The number of nitrogens with zero attached hydrogens (tertiary/aromatic N) is 2. The lowest BCUT2D eigenvalue weighted by atomic mass is 10.0. The highest BCUT2D eigenvalue weighted by molar-refractivity contribution is 6.12. The zero-order chi connectivity index (χ0) is 19.0. The third kappa shape index (κ3) is 3.15. The van der Waals surface area contributed by atoms with E-state index in [0.29, 0.717) is 33.6 Å². The summed E-state index contributed by atoms with van der Waals surface area (Å²) in [6, 6.07) is 6.30. The van der Waals surface area contributed by atoms with E-state index >= 15 is 0 Å². The maximum Gasteiger partial charge on any atom is 0.335 e. The minimum Gasteiger partial charge on any atom is -0.478 e. The Morgan fingerprint density at radius 3 is 2.54 bits per heavy atom. The van der Waals surface area contributed by atoms with Crippen LogP contribution < -0.4 is 5.32 Å². The minimum atomic E-state index is -1.01. The van der Waals surface area contributed by atoms with Crippen LogP contribution in [0.5, 0.6) is 0 Å². The van der Waals surface area contributed by atoms with Crippen molar-refractivity contribution in [2.24, 2.45) is 0 Å². The smallest absolute Gasteiger partial charge is 0.335 e. The maximum atomic E-state index is 12.9. The SMILES string of the molecule is Cc1cc(C(=O)O)ccc1NC(=O)c1cc(C(C)C)nc2onc(C)c12. The van der Waals surface area contributed by atoms with Crippen molar-refractivity contribution in [3.05, 3.63) is 52.3 Å². The number of carboxylic acids is 1. The van der Waals surface area contributed by atoms with Crippen LogP contribution in [0.1, 0.15) is 57.4 Å². The standard InChI is InChI=1S/C19H19N3O4/c1-9(2)15-8-13(16-11(4)22-26-18(16)21-15)17(23)20-14-6-5-12(19(24)25)7-10(14)3/h5-9H,1-4H3,(H,20,23)(H,24,25). The highest BCUT2D eigenvalue weighted by Crippen LogP contribution is 2.26. The average Bonchev–Trinajstić information content (AvgIpc) is 2.96. The molecule has 0 unspecified atom stereocenters. The van der Waals surface area contributed by atoms with Crippen LogP contribution in [0.2, 0.25) is 0 Å². The van der Waals surface area contributed by atoms with E-state index in [9.17, 15) is 9.59 Å². The molecular formula is C19H19N3O4. The second-order valence-corrected chi connectivity index (χ2v) is 6.49. The lowest BCUT2D eigenvalue weighted by Gasteiger charge is -2.11. The van der Waals surface area contributed by atoms with E-state index in [2.05, 4.69) is 15.5 Å². The summed E-state index contributed by atoms with van der Waals surface area (Å²) in [6.07, 6.45) is 0. The van der Waals surface area contributed by atoms with Gasteiger partial charge < -0.3 is 14.9 Å². The molecule has 0 saturated carbocycles. The van der Waals surface area contributed by atoms with Gasteiger partial charge in [0.1, 0.15) is 0 Å². The molecule has 2 aromatic heterocycles. The number of anilines is 1. The molecule has 3 aromatic rings. The Bertz CT molecular complexity index is 1020. The van der Waals surface area contributed by atoms with Gasteiger partial charge in [-0.15, -0.1) is 0 Å². The summed E-state index contributed by atoms with van der Waals surface area (Å²) in [5, 5.41) is 16.4. The van der Waals surface area contributed by atoms with Gasteiger partial charge in [-0.3, -0.25) is 4.79 Å². The highest BCUT2D eigenvalue weighted by Gasteiger charge is 2.20. The summed E-state index contributed by atoms with van der Waals surface area (Å²) >= 11 is 0. The predicted octanol–water partition coefficient (Wildman–Crippen LogP) is 3.91. The van der Waals surface area contributed by atoms with Crippen molar-refractivity contribution in [3.63, 3.8) is 0 Å². The second kappa shape index (κ2) is 6.59. The van der Waals surface area contributed by atoms with Crippen molar-refractivity contribution in [2.45, 2.75) is 33.6 Å². The van der Waals surface area contributed by atoms with Crippen LogP contribution in [-0.2, 0) is 0 Å². The van der Waals surface area contributed by atoms with E-state index in [1.54, 1.807) is 26.0 Å². The molecule has 0 aliphatic rings. The van der Waals surface area contributed by atoms with Crippen LogP contribution in [0.3, 0.4) is 0 Å². The number of amides is 1. The number of carbonyl (C=O) groups is 2. The molecule has 0 aliphatic carbocycles. The second-order valence-electron chi connectivity index (χ2n) is 6.49. The summed E-state index contributed by atoms with van der Waals surface area (Å²) < 4.78 is 5.24. The summed E-state index contributed by atoms with van der Waals surface area (Å²) in [6.45, 7) is 7.46. The first kappa shape index (κ1) is 17.6. The number of hydrogen-bond acceptors (Lipinski definition) is 5. The number of hydrogen-bond donors (Lipinski definition) is 2. The molecule has 0 bridgehead atoms. The normalized spacial score (nSPS) is 11.1. The first-order chi connectivity index (χ1) is 12.3. The predicted molar refractivity (Wildman–Crippen MR) is 96.7 cm³/mol. The molecule has 7 heteroatoms. The Morgan fingerprint density at radius 1 is 1.19 bits per heavy atom. The summed E-state index contributed by atoms with van der Waals surface area (Å²) in [4.78, 5) is 28.4. The molecule has 0 fully saturated rings. The molecule has 2 N–H and O–H groups in total. The zero-order valence-electron chi connectivity index (χ0n) is 15.0. The fourth-order valence-corrected chi connectivity index (χ4v) is 2.72. The molecule has 3 rings (SSSR count). The Morgan fingerprint density at radius 2 is 1.92 bits per heavy atom. The van der Waals surface area contributed by atoms with Crippen molar-refractivity contribution < 1.29 is 19.2 Å². The van der Waals surface area contributed by atoms with Gasteiger partial charge in [0.2, 0.25) is 0 Å². The molecule has 1 aromatic carbocycles. The Labute approximate surface area is 150 Å². The fraction of sp³-hybridized carbons (Fsp3) is 0.263. The Balaban J connectivity index is 2.02. The van der Waals surface area contributed by atoms with E-state index in [1.807, 2.05) is 13.8 Å². The number of aromatic nitrogens is 2. The lowest BCUT2D eigenvalue weighted by molar-refractivity contribution is 0.0696. The van der Waals surface area contributed by atoms with Gasteiger partial charge in [0.15, 0.2) is 0 Å². The number of fused-ring (bicyclic) bond motifs is 1. The lowest BCUT2D eigenvalue weighted by Crippen LogP contribution is -2.15. The van der Waals surface area contributed by atoms with Crippen LogP contribution in [0.4, 0.5) is 5.69 Å². The molecule has 0 atom stereocenters. The number of aryl methyl sites for hydroxylation is 2. The van der Waals surface area contributed by atoms with Crippen LogP contribution >= 0.6 is 0 Å². The summed E-state index contributed by atoms with van der Waals surface area (Å²) in [5.74, 6) is -1.21. The number of benzene rings is 1. The summed E-state index contributed by atoms with van der Waals surface area (Å²) in [7, 11) is 0. The molecule has 7 nitrogen and oxygen atoms in total. The third-order valence-corrected chi connectivity index (χ3v) is 4.19. The van der Waals surface area contributed by atoms with Crippen molar-refractivity contribution in [1.82, 2.24) is 10.1 Å². The number of nitrogens with one attached hydrogen (secondary N) is 1. The van der Waals surface area contributed by atoms with Gasteiger partial charge in [-0.2, -0.15) is 0 Å². The van der Waals surface area contributed by atoms with Gasteiger partial charge >= 0.3 is 5.97 Å². The van der Waals surface area contributed by atoms with E-state index in [4.69, 9.17) is 9.63 Å². The molecule has 134 valence electrons. The number of aromatic carboxylic acids is 1. The maximum absolute atomic E-state index is 12.9. The van der Waals surface area contributed by atoms with Gasteiger partial charge in [-0.05, 0) is 49.6 Å². The number of pyridine rings is 1. The molecule has 1 amide bonds. The van der Waals surface area contributed by atoms with Crippen LogP contribution in [0, 0.1) is 13.8 Å². The van der Waals surface area contributed by atoms with Crippen LogP contribution in [0.15, 0.2) is 28.8 Å². The van der Waals surface area contributed by atoms with E-state index in [-0.39, 0.29) is 17.4 Å². The van der Waals surface area contributed by atoms with Crippen LogP contribution in [-0.4, -0.2) is 27.1 Å². The van der Waals surface area contributed by atoms with Gasteiger partial charge in [0.05, 0.1) is 22.2 Å². The van der Waals surface area contributed by atoms with Crippen molar-refractivity contribution in [2.75, 3.05) is 5.32 Å². The van der Waals surface area contributed by atoms with Gasteiger partial charge in [-0.25, -0.2) is 9.78 Å². The molecule has 2 heterocycles. The summed E-state index contributed by atoms with van der Waals surface area (Å²) in [5.41, 5.74) is 3.46. The molecule has 0 spiro atoms. The Hall–Kier alpha value is -3.22. The molecule has 0 radical (unpaired) electrons. The molecular weight excluding hydrogens is 334 g/mol. The van der Waals surface area contributed by atoms with Crippen molar-refractivity contribution >= 4 is 28.7 Å². The monoisotopic (exact) mass is 353 g/mol. The molecule has 26 heavy (non-hydrogen) atoms. The van der Waals surface area contributed by atoms with Crippen molar-refractivity contribution in [3.8, 4) is 0 Å². The van der Waals surface area contributed by atoms with Crippen LogP contribution in [0.25, 0.3) is 11.1 Å². The van der Waals surface area contributed by atoms with E-state index < -0.39 is 5.97 Å².